The van der Waals surface area contributed by atoms with Gasteiger partial charge in [0.15, 0.2) is 5.16 Å². The number of methoxy groups -OCH3 is 1. The zero-order valence-corrected chi connectivity index (χ0v) is 18.8. The van der Waals surface area contributed by atoms with E-state index in [0.717, 1.165) is 71.3 Å². The molecule has 0 radical (unpaired) electrons. The molecular formula is C23H26N2O3S2. The molecule has 0 spiro atoms. The minimum Gasteiger partial charge on any atom is -0.497 e. The van der Waals surface area contributed by atoms with E-state index in [1.807, 2.05) is 24.3 Å². The third kappa shape index (κ3) is 3.79. The van der Waals surface area contributed by atoms with Gasteiger partial charge in [0, 0.05) is 23.3 Å². The minimum atomic E-state index is 0.0414. The number of benzene rings is 1. The summed E-state index contributed by atoms with van der Waals surface area (Å²) in [4.78, 5) is 21.0. The standard InChI is InChI=1S/C23H26N2O3S2/c1-27-16-9-6-7-15(13-16)25-22(26)20-18-10-2-3-11-19(18)30-21(20)24-23(25)29-14-17-8-4-5-12-28-17/h6-7,9,13,17H,2-5,8,10-12,14H2,1H3. The van der Waals surface area contributed by atoms with Gasteiger partial charge in [0.05, 0.1) is 24.3 Å². The summed E-state index contributed by atoms with van der Waals surface area (Å²) >= 11 is 3.34. The molecular weight excluding hydrogens is 416 g/mol. The second-order valence-electron chi connectivity index (χ2n) is 7.93. The summed E-state index contributed by atoms with van der Waals surface area (Å²) in [6, 6.07) is 7.69. The monoisotopic (exact) mass is 442 g/mol. The van der Waals surface area contributed by atoms with Crippen LogP contribution in [-0.2, 0) is 17.6 Å². The second kappa shape index (κ2) is 8.73. The summed E-state index contributed by atoms with van der Waals surface area (Å²) in [7, 11) is 1.65. The average molecular weight is 443 g/mol. The van der Waals surface area contributed by atoms with Crippen LogP contribution in [0.15, 0.2) is 34.2 Å². The molecule has 2 aliphatic rings. The Morgan fingerprint density at radius 2 is 2.17 bits per heavy atom. The molecule has 1 unspecified atom stereocenters. The maximum Gasteiger partial charge on any atom is 0.267 e. The Morgan fingerprint density at radius 1 is 1.27 bits per heavy atom. The van der Waals surface area contributed by atoms with E-state index in [1.54, 1.807) is 34.8 Å². The lowest BCUT2D eigenvalue weighted by molar-refractivity contribution is 0.0315. The summed E-state index contributed by atoms with van der Waals surface area (Å²) in [6.45, 7) is 0.831. The Bertz CT molecular complexity index is 1120. The van der Waals surface area contributed by atoms with Crippen molar-refractivity contribution >= 4 is 33.3 Å². The molecule has 0 saturated carbocycles. The van der Waals surface area contributed by atoms with Gasteiger partial charge in [-0.15, -0.1) is 11.3 Å². The molecule has 158 valence electrons. The van der Waals surface area contributed by atoms with E-state index in [-0.39, 0.29) is 11.7 Å². The summed E-state index contributed by atoms with van der Waals surface area (Å²) in [5.41, 5.74) is 2.07. The third-order valence-electron chi connectivity index (χ3n) is 5.94. The fourth-order valence-electron chi connectivity index (χ4n) is 4.37. The summed E-state index contributed by atoms with van der Waals surface area (Å²) in [6.07, 6.45) is 8.04. The van der Waals surface area contributed by atoms with Gasteiger partial charge in [0.1, 0.15) is 10.6 Å². The van der Waals surface area contributed by atoms with Crippen LogP contribution in [0.4, 0.5) is 0 Å². The van der Waals surface area contributed by atoms with Crippen LogP contribution >= 0.6 is 23.1 Å². The van der Waals surface area contributed by atoms with Crippen LogP contribution < -0.4 is 10.3 Å². The maximum absolute atomic E-state index is 13.8. The van der Waals surface area contributed by atoms with E-state index in [1.165, 1.54) is 23.3 Å². The Labute approximate surface area is 184 Å². The van der Waals surface area contributed by atoms with Crippen LogP contribution in [-0.4, -0.2) is 35.1 Å². The van der Waals surface area contributed by atoms with Crippen molar-refractivity contribution in [1.29, 1.82) is 0 Å². The highest BCUT2D eigenvalue weighted by Crippen LogP contribution is 2.35. The number of thiophene rings is 1. The van der Waals surface area contributed by atoms with Crippen molar-refractivity contribution in [2.75, 3.05) is 19.5 Å². The molecule has 2 aromatic heterocycles. The molecule has 1 saturated heterocycles. The van der Waals surface area contributed by atoms with E-state index in [0.29, 0.717) is 0 Å². The number of ether oxygens (including phenoxy) is 2. The third-order valence-corrected chi connectivity index (χ3v) is 8.20. The molecule has 1 aliphatic carbocycles. The van der Waals surface area contributed by atoms with Gasteiger partial charge in [0.25, 0.3) is 5.56 Å². The minimum absolute atomic E-state index is 0.0414. The van der Waals surface area contributed by atoms with Gasteiger partial charge in [-0.05, 0) is 62.6 Å². The first-order valence-electron chi connectivity index (χ1n) is 10.7. The number of aromatic nitrogens is 2. The highest BCUT2D eigenvalue weighted by atomic mass is 32.2. The van der Waals surface area contributed by atoms with Gasteiger partial charge in [-0.1, -0.05) is 17.8 Å². The number of fused-ring (bicyclic) bond motifs is 3. The average Bonchev–Trinajstić information content (AvgIpc) is 3.17. The number of aryl methyl sites for hydroxylation is 2. The van der Waals surface area contributed by atoms with Crippen molar-refractivity contribution < 1.29 is 9.47 Å². The molecule has 1 atom stereocenters. The largest absolute Gasteiger partial charge is 0.497 e. The molecule has 30 heavy (non-hydrogen) atoms. The van der Waals surface area contributed by atoms with E-state index in [2.05, 4.69) is 0 Å². The number of nitrogens with zero attached hydrogens (tertiary/aromatic N) is 2. The smallest absolute Gasteiger partial charge is 0.267 e. The highest BCUT2D eigenvalue weighted by molar-refractivity contribution is 7.99. The fraction of sp³-hybridized carbons (Fsp3) is 0.478. The second-order valence-corrected chi connectivity index (χ2v) is 10.00. The van der Waals surface area contributed by atoms with Crippen LogP contribution in [0, 0.1) is 0 Å². The van der Waals surface area contributed by atoms with Crippen molar-refractivity contribution in [2.45, 2.75) is 56.2 Å². The molecule has 0 N–H and O–H groups in total. The van der Waals surface area contributed by atoms with E-state index >= 15 is 0 Å². The SMILES string of the molecule is COc1cccc(-n2c(SCC3CCCCO3)nc3sc4c(c3c2=O)CCCC4)c1. The molecule has 0 bridgehead atoms. The lowest BCUT2D eigenvalue weighted by atomic mass is 9.97. The molecule has 7 heteroatoms. The molecule has 5 nitrogen and oxygen atoms in total. The van der Waals surface area contributed by atoms with Crippen LogP contribution in [0.1, 0.15) is 42.5 Å². The van der Waals surface area contributed by atoms with E-state index < -0.39 is 0 Å². The predicted octanol–water partition coefficient (Wildman–Crippen LogP) is 5.00. The van der Waals surface area contributed by atoms with Crippen molar-refractivity contribution in [2.24, 2.45) is 0 Å². The number of rotatable bonds is 5. The van der Waals surface area contributed by atoms with Gasteiger partial charge in [-0.2, -0.15) is 0 Å². The Balaban J connectivity index is 1.63. The summed E-state index contributed by atoms with van der Waals surface area (Å²) in [5, 5.41) is 1.56. The van der Waals surface area contributed by atoms with Crippen molar-refractivity contribution in [3.8, 4) is 11.4 Å². The first kappa shape index (κ1) is 20.1. The Kier molecular flexibility index (Phi) is 5.85. The lowest BCUT2D eigenvalue weighted by Crippen LogP contribution is -2.24. The highest BCUT2D eigenvalue weighted by Gasteiger charge is 2.24. The Morgan fingerprint density at radius 3 is 3.00 bits per heavy atom. The number of hydrogen-bond acceptors (Lipinski definition) is 6. The zero-order chi connectivity index (χ0) is 20.5. The first-order chi connectivity index (χ1) is 14.7. The van der Waals surface area contributed by atoms with Crippen LogP contribution in [0.3, 0.4) is 0 Å². The van der Waals surface area contributed by atoms with Crippen LogP contribution in [0.2, 0.25) is 0 Å². The quantitative estimate of drug-likeness (QED) is 0.411. The molecule has 3 heterocycles. The molecule has 1 aromatic carbocycles. The zero-order valence-electron chi connectivity index (χ0n) is 17.2. The number of thioether (sulfide) groups is 1. The van der Waals surface area contributed by atoms with Crippen LogP contribution in [0.25, 0.3) is 15.9 Å². The normalized spacial score (nSPS) is 19.0. The predicted molar refractivity (Wildman–Crippen MR) is 123 cm³/mol. The van der Waals surface area contributed by atoms with Gasteiger partial charge < -0.3 is 9.47 Å². The van der Waals surface area contributed by atoms with E-state index in [4.69, 9.17) is 14.5 Å². The van der Waals surface area contributed by atoms with E-state index in [9.17, 15) is 4.79 Å². The summed E-state index contributed by atoms with van der Waals surface area (Å²) < 4.78 is 13.1. The first-order valence-corrected chi connectivity index (χ1v) is 12.5. The van der Waals surface area contributed by atoms with Crippen LogP contribution in [0.5, 0.6) is 5.75 Å². The molecule has 1 aliphatic heterocycles. The van der Waals surface area contributed by atoms with Gasteiger partial charge in [-0.3, -0.25) is 9.36 Å². The maximum atomic E-state index is 13.8. The number of hydrogen-bond donors (Lipinski definition) is 0. The molecule has 5 rings (SSSR count). The molecule has 1 fully saturated rings. The summed E-state index contributed by atoms with van der Waals surface area (Å²) in [5.74, 6) is 1.55. The van der Waals surface area contributed by atoms with Gasteiger partial charge in [-0.25, -0.2) is 4.98 Å². The van der Waals surface area contributed by atoms with Crippen molar-refractivity contribution in [3.63, 3.8) is 0 Å². The lowest BCUT2D eigenvalue weighted by Gasteiger charge is -2.22. The van der Waals surface area contributed by atoms with Gasteiger partial charge in [0.2, 0.25) is 0 Å². The Hall–Kier alpha value is -1.83. The van der Waals surface area contributed by atoms with Crippen molar-refractivity contribution in [3.05, 3.63) is 45.1 Å². The van der Waals surface area contributed by atoms with Crippen molar-refractivity contribution in [1.82, 2.24) is 9.55 Å². The fourth-order valence-corrected chi connectivity index (χ4v) is 6.75. The topological polar surface area (TPSA) is 53.4 Å². The van der Waals surface area contributed by atoms with Gasteiger partial charge >= 0.3 is 0 Å². The molecule has 0 amide bonds. The molecule has 3 aromatic rings.